The third kappa shape index (κ3) is 2.81. The van der Waals surface area contributed by atoms with E-state index in [1.54, 1.807) is 4.90 Å². The largest absolute Gasteiger partial charge is 0.477 e. The van der Waals surface area contributed by atoms with Crippen LogP contribution in [0.1, 0.15) is 43.1 Å². The quantitative estimate of drug-likeness (QED) is 0.740. The number of aromatic nitrogens is 1. The van der Waals surface area contributed by atoms with Crippen LogP contribution in [0.15, 0.2) is 10.9 Å². The molecule has 0 radical (unpaired) electrons. The number of pyridine rings is 1. The number of aromatic carboxylic acids is 1. The third-order valence-corrected chi connectivity index (χ3v) is 5.40. The van der Waals surface area contributed by atoms with E-state index in [2.05, 4.69) is 5.32 Å². The normalized spacial score (nSPS) is 22.6. The Bertz CT molecular complexity index is 1040. The van der Waals surface area contributed by atoms with Gasteiger partial charge in [0.1, 0.15) is 22.9 Å². The lowest BCUT2D eigenvalue weighted by Gasteiger charge is -2.38. The standard InChI is InChI=1S/C19H22F2N4O3/c1-8-6-24(7-9(2)23-8)16-12(20)5-11-15(14(16)21)25(10-3-4-10)18(22)13(17(11)26)19(27)28/h5,8-10,23H,3-4,6-7,22H2,1-2H3,(H,27,28)/t8-,9+. The summed E-state index contributed by atoms with van der Waals surface area (Å²) in [7, 11) is 0. The van der Waals surface area contributed by atoms with Gasteiger partial charge in [0.2, 0.25) is 5.43 Å². The number of piperazine rings is 1. The highest BCUT2D eigenvalue weighted by molar-refractivity contribution is 5.99. The average molecular weight is 392 g/mol. The molecule has 28 heavy (non-hydrogen) atoms. The summed E-state index contributed by atoms with van der Waals surface area (Å²) < 4.78 is 32.0. The summed E-state index contributed by atoms with van der Waals surface area (Å²) in [6.45, 7) is 4.66. The number of fused-ring (bicyclic) bond motifs is 1. The van der Waals surface area contributed by atoms with Crippen LogP contribution in [0, 0.1) is 11.6 Å². The first-order chi connectivity index (χ1) is 13.2. The zero-order valence-corrected chi connectivity index (χ0v) is 15.6. The lowest BCUT2D eigenvalue weighted by Crippen LogP contribution is -2.54. The van der Waals surface area contributed by atoms with Gasteiger partial charge >= 0.3 is 5.97 Å². The minimum absolute atomic E-state index is 0.0309. The highest BCUT2D eigenvalue weighted by atomic mass is 19.1. The molecule has 0 unspecified atom stereocenters. The van der Waals surface area contributed by atoms with Gasteiger partial charge in [0.15, 0.2) is 5.82 Å². The van der Waals surface area contributed by atoms with E-state index in [0.717, 1.165) is 6.07 Å². The van der Waals surface area contributed by atoms with E-state index in [1.807, 2.05) is 13.8 Å². The van der Waals surface area contributed by atoms with Gasteiger partial charge < -0.3 is 25.6 Å². The fourth-order valence-electron chi connectivity index (χ4n) is 4.22. The van der Waals surface area contributed by atoms with Gasteiger partial charge in [0.25, 0.3) is 0 Å². The van der Waals surface area contributed by atoms with Crippen molar-refractivity contribution in [3.05, 3.63) is 33.5 Å². The molecular weight excluding hydrogens is 370 g/mol. The van der Waals surface area contributed by atoms with Gasteiger partial charge in [-0.2, -0.15) is 0 Å². The molecule has 1 aliphatic carbocycles. The Kier molecular flexibility index (Phi) is 4.29. The van der Waals surface area contributed by atoms with Crippen LogP contribution in [0.4, 0.5) is 20.3 Å². The van der Waals surface area contributed by atoms with E-state index in [-0.39, 0.29) is 40.5 Å². The van der Waals surface area contributed by atoms with Gasteiger partial charge in [-0.25, -0.2) is 13.6 Å². The first-order valence-corrected chi connectivity index (χ1v) is 9.30. The molecule has 2 heterocycles. The number of nitrogen functional groups attached to an aromatic ring is 1. The van der Waals surface area contributed by atoms with Crippen LogP contribution in [-0.4, -0.2) is 40.8 Å². The number of benzene rings is 1. The molecule has 1 aromatic carbocycles. The number of nitrogens with one attached hydrogen (secondary N) is 1. The Balaban J connectivity index is 2.03. The van der Waals surface area contributed by atoms with Crippen molar-refractivity contribution < 1.29 is 18.7 Å². The van der Waals surface area contributed by atoms with E-state index >= 15 is 4.39 Å². The Morgan fingerprint density at radius 2 is 1.86 bits per heavy atom. The van der Waals surface area contributed by atoms with Crippen LogP contribution in [0.25, 0.3) is 10.9 Å². The predicted molar refractivity (Wildman–Crippen MR) is 102 cm³/mol. The summed E-state index contributed by atoms with van der Waals surface area (Å²) in [6.07, 6.45) is 1.38. The van der Waals surface area contributed by atoms with Crippen LogP contribution in [0.2, 0.25) is 0 Å². The summed E-state index contributed by atoms with van der Waals surface area (Å²) in [5.74, 6) is -3.55. The number of hydrogen-bond acceptors (Lipinski definition) is 5. The molecule has 2 aliphatic rings. The van der Waals surface area contributed by atoms with Gasteiger partial charge in [-0.3, -0.25) is 4.79 Å². The number of halogens is 2. The minimum Gasteiger partial charge on any atom is -0.477 e. The smallest absolute Gasteiger partial charge is 0.343 e. The molecule has 1 saturated carbocycles. The van der Waals surface area contributed by atoms with E-state index in [1.165, 1.54) is 4.57 Å². The number of nitrogens with two attached hydrogens (primary N) is 1. The number of rotatable bonds is 3. The van der Waals surface area contributed by atoms with Crippen molar-refractivity contribution in [2.75, 3.05) is 23.7 Å². The van der Waals surface area contributed by atoms with Crippen LogP contribution in [0.3, 0.4) is 0 Å². The second kappa shape index (κ2) is 6.44. The summed E-state index contributed by atoms with van der Waals surface area (Å²) >= 11 is 0. The molecule has 2 aromatic rings. The molecule has 1 saturated heterocycles. The molecule has 1 aliphatic heterocycles. The maximum atomic E-state index is 15.6. The maximum absolute atomic E-state index is 15.6. The van der Waals surface area contributed by atoms with E-state index < -0.39 is 28.6 Å². The molecule has 7 nitrogen and oxygen atoms in total. The molecule has 1 aromatic heterocycles. The van der Waals surface area contributed by atoms with Crippen molar-refractivity contribution in [1.29, 1.82) is 0 Å². The molecule has 2 fully saturated rings. The third-order valence-electron chi connectivity index (χ3n) is 5.40. The summed E-state index contributed by atoms with van der Waals surface area (Å²) in [5.41, 5.74) is 4.03. The van der Waals surface area contributed by atoms with Gasteiger partial charge in [0, 0.05) is 31.2 Å². The monoisotopic (exact) mass is 392 g/mol. The number of carboxylic acid groups (broad SMARTS) is 1. The van der Waals surface area contributed by atoms with E-state index in [4.69, 9.17) is 5.73 Å². The average Bonchev–Trinajstić information content (AvgIpc) is 3.40. The number of carboxylic acids is 1. The number of nitrogens with zero attached hydrogens (tertiary/aromatic N) is 2. The highest BCUT2D eigenvalue weighted by Gasteiger charge is 2.34. The zero-order valence-electron chi connectivity index (χ0n) is 15.6. The number of anilines is 2. The van der Waals surface area contributed by atoms with Gasteiger partial charge in [-0.1, -0.05) is 0 Å². The Morgan fingerprint density at radius 1 is 1.25 bits per heavy atom. The number of hydrogen-bond donors (Lipinski definition) is 3. The molecule has 0 spiro atoms. The lowest BCUT2D eigenvalue weighted by molar-refractivity contribution is 0.0696. The summed E-state index contributed by atoms with van der Waals surface area (Å²) in [6, 6.07) is 0.805. The Labute approximate surface area is 159 Å². The molecular formula is C19H22F2N4O3. The molecule has 2 atom stereocenters. The van der Waals surface area contributed by atoms with Gasteiger partial charge in [0.05, 0.1) is 10.9 Å². The minimum atomic E-state index is -1.51. The van der Waals surface area contributed by atoms with Crippen molar-refractivity contribution in [2.45, 2.75) is 44.8 Å². The lowest BCUT2D eigenvalue weighted by atomic mass is 10.1. The van der Waals surface area contributed by atoms with Crippen molar-refractivity contribution in [1.82, 2.24) is 9.88 Å². The van der Waals surface area contributed by atoms with Crippen LogP contribution >= 0.6 is 0 Å². The van der Waals surface area contributed by atoms with Crippen LogP contribution < -0.4 is 21.4 Å². The van der Waals surface area contributed by atoms with Gasteiger partial charge in [-0.05, 0) is 32.8 Å². The fraction of sp³-hybridized carbons (Fsp3) is 0.474. The summed E-state index contributed by atoms with van der Waals surface area (Å²) in [4.78, 5) is 25.8. The molecule has 0 amide bonds. The van der Waals surface area contributed by atoms with E-state index in [0.29, 0.717) is 25.9 Å². The molecule has 150 valence electrons. The molecule has 9 heteroatoms. The Morgan fingerprint density at radius 3 is 2.39 bits per heavy atom. The second-order valence-corrected chi connectivity index (χ2v) is 7.79. The molecule has 4 N–H and O–H groups in total. The van der Waals surface area contributed by atoms with E-state index in [9.17, 15) is 19.1 Å². The fourth-order valence-corrected chi connectivity index (χ4v) is 4.22. The Hall–Kier alpha value is -2.68. The van der Waals surface area contributed by atoms with Crippen LogP contribution in [0.5, 0.6) is 0 Å². The number of carbonyl (C=O) groups is 1. The van der Waals surface area contributed by atoms with Crippen molar-refractivity contribution >= 4 is 28.4 Å². The maximum Gasteiger partial charge on any atom is 0.343 e. The van der Waals surface area contributed by atoms with Crippen molar-refractivity contribution in [2.24, 2.45) is 0 Å². The molecule has 0 bridgehead atoms. The van der Waals surface area contributed by atoms with Gasteiger partial charge in [-0.15, -0.1) is 0 Å². The van der Waals surface area contributed by atoms with Crippen LogP contribution in [-0.2, 0) is 0 Å². The van der Waals surface area contributed by atoms with Crippen molar-refractivity contribution in [3.63, 3.8) is 0 Å². The molecule has 4 rings (SSSR count). The first-order valence-electron chi connectivity index (χ1n) is 9.30. The zero-order chi connectivity index (χ0) is 20.3. The topological polar surface area (TPSA) is 101 Å². The first kappa shape index (κ1) is 18.7. The highest BCUT2D eigenvalue weighted by Crippen LogP contribution is 2.42. The second-order valence-electron chi connectivity index (χ2n) is 7.79. The van der Waals surface area contributed by atoms with Crippen molar-refractivity contribution in [3.8, 4) is 0 Å². The summed E-state index contributed by atoms with van der Waals surface area (Å²) in [5, 5.41) is 12.4. The predicted octanol–water partition coefficient (Wildman–Crippen LogP) is 2.08. The SMILES string of the molecule is C[C@@H]1CN(c2c(F)cc3c(=O)c(C(=O)O)c(N)n(C4CC4)c3c2F)C[C@H](C)N1.